The zero-order valence-corrected chi connectivity index (χ0v) is 25.7. The first-order valence-corrected chi connectivity index (χ1v) is 16.6. The predicted octanol–water partition coefficient (Wildman–Crippen LogP) is 5.58. The Hall–Kier alpha value is -4.22. The number of anilines is 2. The van der Waals surface area contributed by atoms with Crippen LogP contribution in [0.2, 0.25) is 0 Å². The Bertz CT molecular complexity index is 1910. The highest BCUT2D eigenvalue weighted by molar-refractivity contribution is 8.00. The number of rotatable bonds is 6. The van der Waals surface area contributed by atoms with E-state index in [1.807, 2.05) is 55.5 Å². The van der Waals surface area contributed by atoms with Gasteiger partial charge in [0.2, 0.25) is 11.8 Å². The molecule has 1 aromatic heterocycles. The van der Waals surface area contributed by atoms with Crippen LogP contribution in [0, 0.1) is 42.3 Å². The Kier molecular flexibility index (Phi) is 6.72. The Morgan fingerprint density at radius 1 is 0.978 bits per heavy atom. The highest BCUT2D eigenvalue weighted by atomic mass is 32.2. The van der Waals surface area contributed by atoms with Gasteiger partial charge in [-0.25, -0.2) is 4.39 Å². The molecular weight excluding hydrogens is 614 g/mol. The second-order valence-electron chi connectivity index (χ2n) is 12.2. The van der Waals surface area contributed by atoms with Gasteiger partial charge in [-0.3, -0.25) is 24.1 Å². The molecule has 8 rings (SSSR count). The van der Waals surface area contributed by atoms with Crippen LogP contribution in [0.15, 0.2) is 82.6 Å². The van der Waals surface area contributed by atoms with E-state index in [1.54, 1.807) is 11.8 Å². The molecule has 2 N–H and O–H groups in total. The Morgan fingerprint density at radius 3 is 2.42 bits per heavy atom. The average molecular weight is 642 g/mol. The van der Waals surface area contributed by atoms with E-state index in [-0.39, 0.29) is 58.1 Å². The number of aryl methyl sites for hydroxylation is 1. The molecule has 2 bridgehead atoms. The monoisotopic (exact) mass is 641 g/mol. The molecular formula is C34H28FN3O5S2. The number of ether oxygens (including phenoxy) is 1. The van der Waals surface area contributed by atoms with Crippen molar-refractivity contribution in [2.24, 2.45) is 29.6 Å². The van der Waals surface area contributed by atoms with E-state index in [1.165, 1.54) is 40.5 Å². The lowest BCUT2D eigenvalue weighted by Gasteiger charge is -2.43. The number of thiazole rings is 1. The Labute approximate surface area is 266 Å². The minimum atomic E-state index is -0.441. The smallest absolute Gasteiger partial charge is 0.305 e. The summed E-state index contributed by atoms with van der Waals surface area (Å²) in [6.45, 7) is 1.78. The van der Waals surface area contributed by atoms with Crippen LogP contribution in [0.3, 0.4) is 0 Å². The van der Waals surface area contributed by atoms with E-state index in [4.69, 9.17) is 4.74 Å². The molecule has 4 unspecified atom stereocenters. The maximum Gasteiger partial charge on any atom is 0.305 e. The number of fused-ring (bicyclic) bond motifs is 9. The van der Waals surface area contributed by atoms with Gasteiger partial charge in [0, 0.05) is 21.7 Å². The summed E-state index contributed by atoms with van der Waals surface area (Å²) in [4.78, 5) is 57.7. The normalized spacial score (nSPS) is 27.7. The number of hydrogen-bond acceptors (Lipinski definition) is 7. The van der Waals surface area contributed by atoms with Crippen LogP contribution in [-0.4, -0.2) is 34.6 Å². The van der Waals surface area contributed by atoms with Gasteiger partial charge in [0.25, 0.3) is 5.91 Å². The maximum atomic E-state index is 13.8. The largest absolute Gasteiger partial charge is 0.484 e. The number of nitrogens with zero attached hydrogens (tertiary/aromatic N) is 1. The van der Waals surface area contributed by atoms with Crippen LogP contribution in [-0.2, 0) is 14.4 Å². The zero-order valence-electron chi connectivity index (χ0n) is 24.1. The second-order valence-corrected chi connectivity index (χ2v) is 14.4. The number of carbonyl (C=O) groups excluding carboxylic acids is 3. The van der Waals surface area contributed by atoms with Crippen molar-refractivity contribution in [3.05, 3.63) is 104 Å². The molecule has 11 heteroatoms. The topological polar surface area (TPSA) is 109 Å². The van der Waals surface area contributed by atoms with Gasteiger partial charge < -0.3 is 15.0 Å². The lowest BCUT2D eigenvalue weighted by Crippen LogP contribution is -2.42. The van der Waals surface area contributed by atoms with Gasteiger partial charge in [-0.2, -0.15) is 0 Å². The minimum absolute atomic E-state index is 0.00896. The number of imide groups is 1. The van der Waals surface area contributed by atoms with Crippen molar-refractivity contribution >= 4 is 52.2 Å². The van der Waals surface area contributed by atoms with E-state index in [0.717, 1.165) is 33.1 Å². The van der Waals surface area contributed by atoms with Crippen molar-refractivity contribution in [2.45, 2.75) is 29.5 Å². The van der Waals surface area contributed by atoms with Crippen molar-refractivity contribution in [1.82, 2.24) is 4.98 Å². The zero-order chi connectivity index (χ0) is 31.0. The summed E-state index contributed by atoms with van der Waals surface area (Å²) < 4.78 is 19.4. The van der Waals surface area contributed by atoms with Crippen LogP contribution in [0.25, 0.3) is 0 Å². The summed E-state index contributed by atoms with van der Waals surface area (Å²) in [6.07, 6.45) is 0.777. The van der Waals surface area contributed by atoms with E-state index >= 15 is 0 Å². The first-order valence-electron chi connectivity index (χ1n) is 14.9. The highest BCUT2D eigenvalue weighted by Gasteiger charge is 2.69. The molecule has 0 radical (unpaired) electrons. The summed E-state index contributed by atoms with van der Waals surface area (Å²) in [6, 6.07) is 20.6. The van der Waals surface area contributed by atoms with Crippen LogP contribution in [0.1, 0.15) is 28.3 Å². The molecule has 0 spiro atoms. The Balaban J connectivity index is 1.06. The van der Waals surface area contributed by atoms with Gasteiger partial charge in [0.1, 0.15) is 11.6 Å². The molecule has 2 aliphatic heterocycles. The molecule has 2 aliphatic carbocycles. The SMILES string of the molecule is Cc1ccccc1NC(=O)COc1ccc([C@H]2c3sc(=O)[nH]c3SC3C2[C@H]2C[C@@H]3C3C(=O)N(c4ccc(F)cc4)C(=O)C32)cc1. The molecule has 3 aromatic carbocycles. The number of hydrogen-bond donors (Lipinski definition) is 2. The first kappa shape index (κ1) is 28.3. The number of nitrogens with one attached hydrogen (secondary N) is 2. The van der Waals surface area contributed by atoms with Gasteiger partial charge >= 0.3 is 4.87 Å². The lowest BCUT2D eigenvalue weighted by atomic mass is 9.68. The number of H-pyrrole nitrogens is 1. The maximum absolute atomic E-state index is 13.8. The predicted molar refractivity (Wildman–Crippen MR) is 169 cm³/mol. The summed E-state index contributed by atoms with van der Waals surface area (Å²) in [7, 11) is 0. The fraction of sp³-hybridized carbons (Fsp3) is 0.294. The molecule has 45 heavy (non-hydrogen) atoms. The number of aromatic amines is 1. The lowest BCUT2D eigenvalue weighted by molar-refractivity contribution is -0.123. The van der Waals surface area contributed by atoms with E-state index in [9.17, 15) is 23.6 Å². The number of thioether (sulfide) groups is 1. The van der Waals surface area contributed by atoms with E-state index < -0.39 is 17.7 Å². The first-order chi connectivity index (χ1) is 21.8. The molecule has 7 atom stereocenters. The third kappa shape index (κ3) is 4.54. The van der Waals surface area contributed by atoms with Gasteiger partial charge in [-0.1, -0.05) is 41.7 Å². The molecule has 4 aromatic rings. The van der Waals surface area contributed by atoms with Crippen molar-refractivity contribution in [1.29, 1.82) is 0 Å². The number of halogens is 1. The van der Waals surface area contributed by atoms with Crippen LogP contribution in [0.5, 0.6) is 5.75 Å². The molecule has 3 fully saturated rings. The third-order valence-electron chi connectivity index (χ3n) is 9.84. The number of aromatic nitrogens is 1. The van der Waals surface area contributed by atoms with Crippen LogP contribution < -0.4 is 19.8 Å². The molecule has 4 aliphatic rings. The number of benzene rings is 3. The summed E-state index contributed by atoms with van der Waals surface area (Å²) in [5.74, 6) is -1.55. The highest BCUT2D eigenvalue weighted by Crippen LogP contribution is 2.68. The third-order valence-corrected chi connectivity index (χ3v) is 12.4. The summed E-state index contributed by atoms with van der Waals surface area (Å²) >= 11 is 2.83. The minimum Gasteiger partial charge on any atom is -0.484 e. The van der Waals surface area contributed by atoms with Gasteiger partial charge in [-0.05, 0) is 84.7 Å². The van der Waals surface area contributed by atoms with Crippen molar-refractivity contribution < 1.29 is 23.5 Å². The summed E-state index contributed by atoms with van der Waals surface area (Å²) in [5.41, 5.74) is 3.10. The second kappa shape index (κ2) is 10.7. The number of amides is 3. The van der Waals surface area contributed by atoms with Gasteiger partial charge in [0.15, 0.2) is 6.61 Å². The Morgan fingerprint density at radius 2 is 1.69 bits per heavy atom. The quantitative estimate of drug-likeness (QED) is 0.266. The standard InChI is InChI=1S/C34H28FN3O5S2/c1-16-4-2-3-5-23(16)36-24(39)15-43-20-12-6-17(7-13-20)25-26-21-14-22(29(26)44-31-30(25)45-34(42)37-31)28-27(21)32(40)38(33(28)41)19-10-8-18(35)9-11-19/h2-13,21-22,25-29H,14-15H2,1H3,(H,36,39)(H,37,42)/t21-,22-,25-,26?,27?,28?,29?/m1/s1. The van der Waals surface area contributed by atoms with Crippen LogP contribution in [0.4, 0.5) is 15.8 Å². The molecule has 1 saturated heterocycles. The number of para-hydroxylation sites is 1. The van der Waals surface area contributed by atoms with Gasteiger partial charge in [-0.15, -0.1) is 11.8 Å². The van der Waals surface area contributed by atoms with Crippen LogP contribution >= 0.6 is 23.1 Å². The fourth-order valence-electron chi connectivity index (χ4n) is 8.05. The molecule has 228 valence electrons. The molecule has 3 heterocycles. The van der Waals surface area contributed by atoms with Crippen molar-refractivity contribution in [3.63, 3.8) is 0 Å². The molecule has 3 amide bonds. The summed E-state index contributed by atoms with van der Waals surface area (Å²) in [5, 5.41) is 3.76. The van der Waals surface area contributed by atoms with E-state index in [2.05, 4.69) is 10.3 Å². The molecule has 2 saturated carbocycles. The average Bonchev–Trinajstić information content (AvgIpc) is 3.77. The van der Waals surface area contributed by atoms with Gasteiger partial charge in [0.05, 0.1) is 22.5 Å². The fourth-order valence-corrected chi connectivity index (χ4v) is 10.9. The number of carbonyl (C=O) groups is 3. The van der Waals surface area contributed by atoms with Crippen molar-refractivity contribution in [2.75, 3.05) is 16.8 Å². The molecule has 8 nitrogen and oxygen atoms in total. The van der Waals surface area contributed by atoms with E-state index in [0.29, 0.717) is 11.4 Å². The van der Waals surface area contributed by atoms with Crippen molar-refractivity contribution in [3.8, 4) is 5.75 Å².